The molecule has 4 rings (SSSR count). The predicted molar refractivity (Wildman–Crippen MR) is 105 cm³/mol. The van der Waals surface area contributed by atoms with Gasteiger partial charge in [0.05, 0.1) is 0 Å². The summed E-state index contributed by atoms with van der Waals surface area (Å²) < 4.78 is 5.35. The first kappa shape index (κ1) is 18.6. The van der Waals surface area contributed by atoms with Crippen molar-refractivity contribution in [3.05, 3.63) is 51.9 Å². The summed E-state index contributed by atoms with van der Waals surface area (Å²) in [7, 11) is 0. The van der Waals surface area contributed by atoms with Crippen molar-refractivity contribution in [1.82, 2.24) is 15.0 Å². The average molecular weight is 393 g/mol. The Hall–Kier alpha value is -2.15. The van der Waals surface area contributed by atoms with Gasteiger partial charge in [-0.15, -0.1) is 12.4 Å². The quantitative estimate of drug-likeness (QED) is 0.710. The van der Waals surface area contributed by atoms with E-state index in [1.165, 1.54) is 0 Å². The normalized spacial score (nSPS) is 14.8. The minimum atomic E-state index is -0.226. The van der Waals surface area contributed by atoms with Gasteiger partial charge in [0.25, 0.3) is 5.56 Å². The van der Waals surface area contributed by atoms with Crippen LogP contribution in [0.4, 0.5) is 5.95 Å². The molecule has 0 unspecified atom stereocenters. The van der Waals surface area contributed by atoms with Crippen LogP contribution < -0.4 is 10.9 Å². The Kier molecular flexibility index (Phi) is 5.76. The number of anilines is 1. The van der Waals surface area contributed by atoms with Gasteiger partial charge >= 0.3 is 0 Å². The van der Waals surface area contributed by atoms with E-state index in [2.05, 4.69) is 20.3 Å². The van der Waals surface area contributed by atoms with E-state index in [9.17, 15) is 4.79 Å². The summed E-state index contributed by atoms with van der Waals surface area (Å²) in [5.74, 6) is 0.514. The van der Waals surface area contributed by atoms with E-state index in [0.717, 1.165) is 31.4 Å². The lowest BCUT2D eigenvalue weighted by Crippen LogP contribution is -2.28. The van der Waals surface area contributed by atoms with Gasteiger partial charge in [0.2, 0.25) is 5.95 Å². The Labute approximate surface area is 161 Å². The number of benzene rings is 1. The molecule has 1 saturated heterocycles. The van der Waals surface area contributed by atoms with E-state index in [0.29, 0.717) is 33.8 Å². The zero-order valence-corrected chi connectivity index (χ0v) is 15.4. The molecule has 0 atom stereocenters. The molecule has 2 N–H and O–H groups in total. The molecule has 1 aliphatic rings. The predicted octanol–water partition coefficient (Wildman–Crippen LogP) is 3.65. The minimum Gasteiger partial charge on any atom is -0.381 e. The average Bonchev–Trinajstić information content (AvgIpc) is 2.63. The fourth-order valence-corrected chi connectivity index (χ4v) is 3.20. The standard InChI is InChI=1S/C18H17ClN4O2.ClH/c19-15-4-2-1-3-13(15)14-9-11-10-20-18(23-16(11)22-17(14)24)21-12-5-7-25-8-6-12;/h1-4,9-10,12H,5-8H2,(H2,20,21,22,23,24);1H. The second-order valence-corrected chi connectivity index (χ2v) is 6.43. The van der Waals surface area contributed by atoms with E-state index in [-0.39, 0.29) is 18.0 Å². The molecular weight excluding hydrogens is 375 g/mol. The number of nitrogens with zero attached hydrogens (tertiary/aromatic N) is 2. The highest BCUT2D eigenvalue weighted by Gasteiger charge is 2.15. The Morgan fingerprint density at radius 3 is 2.73 bits per heavy atom. The molecule has 0 bridgehead atoms. The van der Waals surface area contributed by atoms with Crippen molar-refractivity contribution < 1.29 is 4.74 Å². The summed E-state index contributed by atoms with van der Waals surface area (Å²) in [5.41, 5.74) is 1.48. The van der Waals surface area contributed by atoms with Crippen LogP contribution in [0.2, 0.25) is 5.02 Å². The molecule has 1 aliphatic heterocycles. The maximum absolute atomic E-state index is 12.5. The summed E-state index contributed by atoms with van der Waals surface area (Å²) in [6.07, 6.45) is 3.55. The van der Waals surface area contributed by atoms with Gasteiger partial charge in [0.15, 0.2) is 0 Å². The molecule has 3 heterocycles. The third kappa shape index (κ3) is 3.82. The van der Waals surface area contributed by atoms with Gasteiger partial charge in [-0.05, 0) is 25.0 Å². The van der Waals surface area contributed by atoms with Crippen LogP contribution in [0.3, 0.4) is 0 Å². The third-order valence-corrected chi connectivity index (χ3v) is 4.64. The number of ether oxygens (including phenoxy) is 1. The molecule has 26 heavy (non-hydrogen) atoms. The van der Waals surface area contributed by atoms with Crippen LogP contribution in [0.5, 0.6) is 0 Å². The van der Waals surface area contributed by atoms with Gasteiger partial charge in [-0.2, -0.15) is 4.98 Å². The van der Waals surface area contributed by atoms with Crippen LogP contribution in [-0.4, -0.2) is 34.2 Å². The number of pyridine rings is 1. The van der Waals surface area contributed by atoms with E-state index >= 15 is 0 Å². The first-order valence-electron chi connectivity index (χ1n) is 8.20. The van der Waals surface area contributed by atoms with Gasteiger partial charge in [-0.1, -0.05) is 29.8 Å². The van der Waals surface area contributed by atoms with Crippen molar-refractivity contribution in [2.75, 3.05) is 18.5 Å². The van der Waals surface area contributed by atoms with Gasteiger partial charge in [0.1, 0.15) is 5.65 Å². The number of aromatic nitrogens is 3. The molecule has 3 aromatic rings. The molecule has 1 aromatic carbocycles. The first-order valence-corrected chi connectivity index (χ1v) is 8.58. The molecule has 8 heteroatoms. The summed E-state index contributed by atoms with van der Waals surface area (Å²) >= 11 is 6.21. The first-order chi connectivity index (χ1) is 12.2. The van der Waals surface area contributed by atoms with E-state index < -0.39 is 0 Å². The molecule has 2 aromatic heterocycles. The molecule has 6 nitrogen and oxygen atoms in total. The van der Waals surface area contributed by atoms with Crippen LogP contribution in [0, 0.1) is 0 Å². The maximum Gasteiger partial charge on any atom is 0.257 e. The van der Waals surface area contributed by atoms with Crippen LogP contribution >= 0.6 is 24.0 Å². The largest absolute Gasteiger partial charge is 0.381 e. The molecule has 0 aliphatic carbocycles. The van der Waals surface area contributed by atoms with Crippen LogP contribution in [0.15, 0.2) is 41.3 Å². The van der Waals surface area contributed by atoms with Crippen molar-refractivity contribution in [1.29, 1.82) is 0 Å². The highest BCUT2D eigenvalue weighted by atomic mass is 35.5. The van der Waals surface area contributed by atoms with Gasteiger partial charge in [0, 0.05) is 47.0 Å². The second-order valence-electron chi connectivity index (χ2n) is 6.02. The minimum absolute atomic E-state index is 0. The van der Waals surface area contributed by atoms with Gasteiger partial charge in [-0.25, -0.2) is 4.98 Å². The molecule has 1 fully saturated rings. The maximum atomic E-state index is 12.5. The number of nitrogens with one attached hydrogen (secondary N) is 2. The fourth-order valence-electron chi connectivity index (χ4n) is 2.97. The Morgan fingerprint density at radius 1 is 1.19 bits per heavy atom. The number of hydrogen-bond donors (Lipinski definition) is 2. The summed E-state index contributed by atoms with van der Waals surface area (Å²) in [5, 5.41) is 4.59. The smallest absolute Gasteiger partial charge is 0.257 e. The van der Waals surface area contributed by atoms with E-state index in [1.54, 1.807) is 18.3 Å². The second kappa shape index (κ2) is 8.03. The van der Waals surface area contributed by atoms with Crippen LogP contribution in [0.25, 0.3) is 22.2 Å². The zero-order chi connectivity index (χ0) is 17.2. The monoisotopic (exact) mass is 392 g/mol. The molecular formula is C18H18Cl2N4O2. The van der Waals surface area contributed by atoms with Gasteiger partial charge in [-0.3, -0.25) is 4.79 Å². The van der Waals surface area contributed by atoms with Crippen LogP contribution in [-0.2, 0) is 4.74 Å². The molecule has 0 saturated carbocycles. The number of rotatable bonds is 3. The summed E-state index contributed by atoms with van der Waals surface area (Å²) in [6.45, 7) is 1.48. The topological polar surface area (TPSA) is 79.9 Å². The Bertz CT molecular complexity index is 971. The highest BCUT2D eigenvalue weighted by Crippen LogP contribution is 2.26. The van der Waals surface area contributed by atoms with Crippen molar-refractivity contribution in [3.8, 4) is 11.1 Å². The number of fused-ring (bicyclic) bond motifs is 1. The highest BCUT2D eigenvalue weighted by molar-refractivity contribution is 6.33. The number of halogens is 2. The number of H-pyrrole nitrogens is 1. The van der Waals surface area contributed by atoms with Crippen molar-refractivity contribution >= 4 is 41.0 Å². The zero-order valence-electron chi connectivity index (χ0n) is 13.9. The Morgan fingerprint density at radius 2 is 1.96 bits per heavy atom. The molecule has 0 radical (unpaired) electrons. The summed E-state index contributed by atoms with van der Waals surface area (Å²) in [6, 6.07) is 9.33. The third-order valence-electron chi connectivity index (χ3n) is 4.31. The lowest BCUT2D eigenvalue weighted by atomic mass is 10.1. The number of aromatic amines is 1. The lowest BCUT2D eigenvalue weighted by molar-refractivity contribution is 0.0903. The van der Waals surface area contributed by atoms with Crippen LogP contribution in [0.1, 0.15) is 12.8 Å². The van der Waals surface area contributed by atoms with E-state index in [1.807, 2.05) is 18.2 Å². The Balaban J connectivity index is 0.00000196. The lowest BCUT2D eigenvalue weighted by Gasteiger charge is -2.23. The summed E-state index contributed by atoms with van der Waals surface area (Å²) in [4.78, 5) is 24.1. The fraction of sp³-hybridized carbons (Fsp3) is 0.278. The SMILES string of the molecule is Cl.O=c1[nH]c2nc(NC3CCOCC3)ncc2cc1-c1ccccc1Cl. The van der Waals surface area contributed by atoms with Gasteiger partial charge < -0.3 is 15.0 Å². The molecule has 0 amide bonds. The number of hydrogen-bond acceptors (Lipinski definition) is 5. The molecule has 136 valence electrons. The van der Waals surface area contributed by atoms with Crippen molar-refractivity contribution in [2.24, 2.45) is 0 Å². The molecule has 0 spiro atoms. The van der Waals surface area contributed by atoms with Crippen molar-refractivity contribution in [3.63, 3.8) is 0 Å². The van der Waals surface area contributed by atoms with Crippen molar-refractivity contribution in [2.45, 2.75) is 18.9 Å². The van der Waals surface area contributed by atoms with E-state index in [4.69, 9.17) is 16.3 Å².